The van der Waals surface area contributed by atoms with Crippen LogP contribution >= 0.6 is 33.9 Å². The van der Waals surface area contributed by atoms with Gasteiger partial charge in [0.1, 0.15) is 0 Å². The normalized spacial score (nSPS) is 14.6. The van der Waals surface area contributed by atoms with Crippen LogP contribution < -0.4 is 4.74 Å². The van der Waals surface area contributed by atoms with Crippen LogP contribution in [0.4, 0.5) is 8.78 Å². The van der Waals surface area contributed by atoms with Gasteiger partial charge >= 0.3 is 0 Å². The minimum Gasteiger partial charge on any atom is -0.490 e. The Morgan fingerprint density at radius 3 is 2.26 bits per heavy atom. The van der Waals surface area contributed by atoms with E-state index in [1.165, 1.54) is 21.8 Å². The van der Waals surface area contributed by atoms with Gasteiger partial charge in [0.05, 0.1) is 9.49 Å². The first-order valence-corrected chi connectivity index (χ1v) is 11.0. The minimum atomic E-state index is -0.901. The van der Waals surface area contributed by atoms with Crippen molar-refractivity contribution in [2.75, 3.05) is 6.61 Å². The van der Waals surface area contributed by atoms with Crippen molar-refractivity contribution < 1.29 is 13.5 Å². The molecule has 0 N–H and O–H groups in total. The number of benzene rings is 2. The van der Waals surface area contributed by atoms with E-state index in [1.54, 1.807) is 17.4 Å². The SMILES string of the molecule is Fc1c(OCC2CCCC2)ccc(-c2ccc(-c3ccc(I)s3)cc2)c1F. The van der Waals surface area contributed by atoms with Crippen molar-refractivity contribution >= 4 is 33.9 Å². The molecule has 1 heterocycles. The zero-order valence-corrected chi connectivity index (χ0v) is 17.7. The second kappa shape index (κ2) is 8.27. The highest BCUT2D eigenvalue weighted by Crippen LogP contribution is 2.34. The lowest BCUT2D eigenvalue weighted by atomic mass is 10.0. The fourth-order valence-electron chi connectivity index (χ4n) is 3.53. The summed E-state index contributed by atoms with van der Waals surface area (Å²) < 4.78 is 35.9. The molecular weight excluding hydrogens is 477 g/mol. The molecule has 0 unspecified atom stereocenters. The third kappa shape index (κ3) is 4.19. The predicted molar refractivity (Wildman–Crippen MR) is 115 cm³/mol. The van der Waals surface area contributed by atoms with Gasteiger partial charge in [0.2, 0.25) is 5.82 Å². The Bertz CT molecular complexity index is 930. The molecule has 140 valence electrons. The van der Waals surface area contributed by atoms with Crippen LogP contribution in [0.5, 0.6) is 5.75 Å². The van der Waals surface area contributed by atoms with Crippen LogP contribution in [-0.4, -0.2) is 6.61 Å². The summed E-state index contributed by atoms with van der Waals surface area (Å²) in [6, 6.07) is 14.8. The van der Waals surface area contributed by atoms with Gasteiger partial charge in [-0.2, -0.15) is 4.39 Å². The monoisotopic (exact) mass is 496 g/mol. The Morgan fingerprint density at radius 2 is 1.59 bits per heavy atom. The number of hydrogen-bond donors (Lipinski definition) is 0. The largest absolute Gasteiger partial charge is 0.490 e. The molecule has 27 heavy (non-hydrogen) atoms. The Kier molecular flexibility index (Phi) is 5.78. The molecule has 1 nitrogen and oxygen atoms in total. The van der Waals surface area contributed by atoms with E-state index in [9.17, 15) is 8.78 Å². The maximum atomic E-state index is 14.6. The fraction of sp³-hybridized carbons (Fsp3) is 0.273. The molecule has 0 spiro atoms. The summed E-state index contributed by atoms with van der Waals surface area (Å²) in [5, 5.41) is 0. The maximum Gasteiger partial charge on any atom is 0.201 e. The van der Waals surface area contributed by atoms with Crippen LogP contribution in [-0.2, 0) is 0 Å². The predicted octanol–water partition coefficient (Wildman–Crippen LogP) is 7.53. The van der Waals surface area contributed by atoms with Crippen LogP contribution in [0.25, 0.3) is 21.6 Å². The molecule has 5 heteroatoms. The summed E-state index contributed by atoms with van der Waals surface area (Å²) >= 11 is 3.99. The quantitative estimate of drug-likeness (QED) is 0.332. The molecule has 1 aromatic heterocycles. The van der Waals surface area contributed by atoms with Crippen LogP contribution in [0.3, 0.4) is 0 Å². The molecular formula is C22H19F2IOS. The fourth-order valence-corrected chi connectivity index (χ4v) is 5.16. The smallest absolute Gasteiger partial charge is 0.201 e. The lowest BCUT2D eigenvalue weighted by Crippen LogP contribution is -2.09. The average molecular weight is 496 g/mol. The second-order valence-corrected chi connectivity index (χ2v) is 9.86. The first-order valence-electron chi connectivity index (χ1n) is 9.09. The summed E-state index contributed by atoms with van der Waals surface area (Å²) in [6.07, 6.45) is 4.62. The molecule has 3 aromatic rings. The average Bonchev–Trinajstić information content (AvgIpc) is 3.35. The molecule has 0 atom stereocenters. The first-order chi connectivity index (χ1) is 13.1. The Labute approximate surface area is 175 Å². The van der Waals surface area contributed by atoms with Crippen molar-refractivity contribution in [3.05, 3.63) is 63.0 Å². The van der Waals surface area contributed by atoms with Gasteiger partial charge in [-0.1, -0.05) is 37.1 Å². The third-order valence-corrected chi connectivity index (χ3v) is 6.99. The number of rotatable bonds is 5. The van der Waals surface area contributed by atoms with E-state index in [1.807, 2.05) is 24.3 Å². The van der Waals surface area contributed by atoms with Gasteiger partial charge < -0.3 is 4.74 Å². The zero-order valence-electron chi connectivity index (χ0n) is 14.7. The molecule has 0 radical (unpaired) electrons. The first kappa shape index (κ1) is 18.9. The zero-order chi connectivity index (χ0) is 18.8. The summed E-state index contributed by atoms with van der Waals surface area (Å²) in [6.45, 7) is 0.462. The van der Waals surface area contributed by atoms with Crippen molar-refractivity contribution in [3.8, 4) is 27.3 Å². The van der Waals surface area contributed by atoms with E-state index >= 15 is 0 Å². The van der Waals surface area contributed by atoms with Crippen molar-refractivity contribution in [1.82, 2.24) is 0 Å². The van der Waals surface area contributed by atoms with Gasteiger partial charge in [-0.25, -0.2) is 4.39 Å². The number of ether oxygens (including phenoxy) is 1. The molecule has 0 amide bonds. The van der Waals surface area contributed by atoms with Crippen LogP contribution in [0.1, 0.15) is 25.7 Å². The van der Waals surface area contributed by atoms with E-state index in [0.717, 1.165) is 23.3 Å². The van der Waals surface area contributed by atoms with Crippen LogP contribution in [0.15, 0.2) is 48.5 Å². The summed E-state index contributed by atoms with van der Waals surface area (Å²) in [5.41, 5.74) is 1.99. The van der Waals surface area contributed by atoms with E-state index in [-0.39, 0.29) is 11.3 Å². The Balaban J connectivity index is 1.53. The maximum absolute atomic E-state index is 14.6. The van der Waals surface area contributed by atoms with Gasteiger partial charge in [-0.05, 0) is 76.7 Å². The van der Waals surface area contributed by atoms with E-state index in [2.05, 4.69) is 34.7 Å². The van der Waals surface area contributed by atoms with Gasteiger partial charge in [0.25, 0.3) is 0 Å². The van der Waals surface area contributed by atoms with Gasteiger partial charge in [-0.3, -0.25) is 0 Å². The molecule has 1 saturated carbocycles. The van der Waals surface area contributed by atoms with Crippen molar-refractivity contribution in [2.45, 2.75) is 25.7 Å². The highest BCUT2D eigenvalue weighted by atomic mass is 127. The number of halogens is 3. The molecule has 0 bridgehead atoms. The molecule has 0 aliphatic heterocycles. The molecule has 2 aromatic carbocycles. The Morgan fingerprint density at radius 1 is 0.889 bits per heavy atom. The van der Waals surface area contributed by atoms with E-state index in [4.69, 9.17) is 4.74 Å². The summed E-state index contributed by atoms with van der Waals surface area (Å²) in [7, 11) is 0. The minimum absolute atomic E-state index is 0.00734. The molecule has 0 saturated heterocycles. The Hall–Kier alpha value is -1.47. The molecule has 1 aliphatic rings. The van der Waals surface area contributed by atoms with Crippen molar-refractivity contribution in [1.29, 1.82) is 0 Å². The van der Waals surface area contributed by atoms with Crippen LogP contribution in [0, 0.1) is 20.4 Å². The third-order valence-electron chi connectivity index (χ3n) is 5.05. The second-order valence-electron chi connectivity index (χ2n) is 6.88. The van der Waals surface area contributed by atoms with E-state index in [0.29, 0.717) is 18.1 Å². The van der Waals surface area contributed by atoms with Crippen molar-refractivity contribution in [3.63, 3.8) is 0 Å². The summed E-state index contributed by atoms with van der Waals surface area (Å²) in [5.74, 6) is -1.28. The van der Waals surface area contributed by atoms with Gasteiger partial charge in [0.15, 0.2) is 11.6 Å². The van der Waals surface area contributed by atoms with E-state index < -0.39 is 11.6 Å². The van der Waals surface area contributed by atoms with Gasteiger partial charge in [0, 0.05) is 10.4 Å². The van der Waals surface area contributed by atoms with Crippen molar-refractivity contribution in [2.24, 2.45) is 5.92 Å². The topological polar surface area (TPSA) is 9.23 Å². The molecule has 1 aliphatic carbocycles. The van der Waals surface area contributed by atoms with Crippen LogP contribution in [0.2, 0.25) is 0 Å². The lowest BCUT2D eigenvalue weighted by molar-refractivity contribution is 0.239. The molecule has 1 fully saturated rings. The van der Waals surface area contributed by atoms with Gasteiger partial charge in [-0.15, -0.1) is 11.3 Å². The number of hydrogen-bond acceptors (Lipinski definition) is 2. The highest BCUT2D eigenvalue weighted by molar-refractivity contribution is 14.1. The molecule has 4 rings (SSSR count). The highest BCUT2D eigenvalue weighted by Gasteiger charge is 2.19. The number of thiophene rings is 1. The summed E-state index contributed by atoms with van der Waals surface area (Å²) in [4.78, 5) is 1.16. The lowest BCUT2D eigenvalue weighted by Gasteiger charge is -2.13. The standard InChI is InChI=1S/C22H19F2IOS/c23-21-17(9-10-18(22(21)24)26-13-14-3-1-2-4-14)15-5-7-16(8-6-15)19-11-12-20(25)27-19/h5-12,14H,1-4,13H2.